The molecular weight excluding hydrogens is 241 g/mol. The zero-order chi connectivity index (χ0) is 13.8. The summed E-state index contributed by atoms with van der Waals surface area (Å²) in [6, 6.07) is 10.4. The number of nitrogens with zero attached hydrogens (tertiary/aromatic N) is 2. The van der Waals surface area contributed by atoms with Crippen LogP contribution in [0.2, 0.25) is 0 Å². The molecule has 0 amide bonds. The Morgan fingerprint density at radius 3 is 2.53 bits per heavy atom. The molecule has 0 aliphatic heterocycles. The highest BCUT2D eigenvalue weighted by molar-refractivity contribution is 5.60. The Hall–Kier alpha value is -1.94. The highest BCUT2D eigenvalue weighted by atomic mass is 19.1. The average Bonchev–Trinajstić information content (AvgIpc) is 2.42. The number of hydrogen-bond donors (Lipinski definition) is 1. The maximum atomic E-state index is 13.8. The summed E-state index contributed by atoms with van der Waals surface area (Å²) in [4.78, 5) is 6.20. The zero-order valence-electron chi connectivity index (χ0n) is 11.2. The third-order valence-corrected chi connectivity index (χ3v) is 3.03. The van der Waals surface area contributed by atoms with E-state index in [1.54, 1.807) is 18.3 Å². The summed E-state index contributed by atoms with van der Waals surface area (Å²) in [6.07, 6.45) is 1.74. The van der Waals surface area contributed by atoms with Gasteiger partial charge in [-0.05, 0) is 37.6 Å². The van der Waals surface area contributed by atoms with Crippen LogP contribution in [0.15, 0.2) is 42.6 Å². The summed E-state index contributed by atoms with van der Waals surface area (Å²) in [5.41, 5.74) is 7.29. The van der Waals surface area contributed by atoms with Crippen LogP contribution in [0.5, 0.6) is 0 Å². The van der Waals surface area contributed by atoms with E-state index < -0.39 is 0 Å². The molecule has 1 aromatic heterocycles. The fourth-order valence-electron chi connectivity index (χ4n) is 1.95. The van der Waals surface area contributed by atoms with Crippen molar-refractivity contribution in [2.45, 2.75) is 19.9 Å². The van der Waals surface area contributed by atoms with E-state index in [9.17, 15) is 4.39 Å². The van der Waals surface area contributed by atoms with Crippen molar-refractivity contribution in [3.8, 4) is 0 Å². The minimum absolute atomic E-state index is 0.0508. The number of halogens is 1. The Kier molecular flexibility index (Phi) is 4.12. The van der Waals surface area contributed by atoms with Gasteiger partial charge in [0.1, 0.15) is 11.6 Å². The molecule has 19 heavy (non-hydrogen) atoms. The van der Waals surface area contributed by atoms with Gasteiger partial charge in [-0.15, -0.1) is 0 Å². The van der Waals surface area contributed by atoms with Gasteiger partial charge < -0.3 is 10.6 Å². The number of para-hydroxylation sites is 1. The van der Waals surface area contributed by atoms with E-state index in [2.05, 4.69) is 4.98 Å². The summed E-state index contributed by atoms with van der Waals surface area (Å²) < 4.78 is 13.8. The van der Waals surface area contributed by atoms with Gasteiger partial charge in [-0.2, -0.15) is 0 Å². The molecule has 4 heteroatoms. The van der Waals surface area contributed by atoms with Crippen LogP contribution in [0, 0.1) is 5.82 Å². The molecule has 0 saturated heterocycles. The van der Waals surface area contributed by atoms with Gasteiger partial charge in [0.25, 0.3) is 0 Å². The summed E-state index contributed by atoms with van der Waals surface area (Å²) >= 11 is 0. The summed E-state index contributed by atoms with van der Waals surface area (Å²) in [5, 5.41) is 0. The highest BCUT2D eigenvalue weighted by Crippen LogP contribution is 2.26. The van der Waals surface area contributed by atoms with Gasteiger partial charge in [0.05, 0.1) is 5.69 Å². The largest absolute Gasteiger partial charge is 0.324 e. The van der Waals surface area contributed by atoms with Crippen LogP contribution in [0.1, 0.15) is 25.5 Å². The van der Waals surface area contributed by atoms with E-state index in [-0.39, 0.29) is 11.9 Å². The normalized spacial score (nSPS) is 12.2. The Morgan fingerprint density at radius 2 is 2.00 bits per heavy atom. The third kappa shape index (κ3) is 2.90. The first-order chi connectivity index (χ1) is 9.13. The molecule has 0 bridgehead atoms. The van der Waals surface area contributed by atoms with Gasteiger partial charge in [-0.25, -0.2) is 9.37 Å². The van der Waals surface area contributed by atoms with Crippen LogP contribution in [0.3, 0.4) is 0 Å². The van der Waals surface area contributed by atoms with Crippen molar-refractivity contribution in [3.05, 3.63) is 54.0 Å². The molecule has 2 aromatic rings. The molecule has 2 rings (SSSR count). The quantitative estimate of drug-likeness (QED) is 0.915. The SMILES string of the molecule is CCN(c1ccc([C@H](C)N)cn1)c1ccccc1F. The van der Waals surface area contributed by atoms with Crippen molar-refractivity contribution in [1.82, 2.24) is 4.98 Å². The van der Waals surface area contributed by atoms with Crippen LogP contribution >= 0.6 is 0 Å². The maximum Gasteiger partial charge on any atom is 0.146 e. The van der Waals surface area contributed by atoms with Crippen molar-refractivity contribution < 1.29 is 4.39 Å². The summed E-state index contributed by atoms with van der Waals surface area (Å²) in [5.74, 6) is 0.472. The molecule has 0 radical (unpaired) electrons. The number of pyridine rings is 1. The fraction of sp³-hybridized carbons (Fsp3) is 0.267. The molecule has 3 nitrogen and oxygen atoms in total. The lowest BCUT2D eigenvalue weighted by atomic mass is 10.1. The third-order valence-electron chi connectivity index (χ3n) is 3.03. The molecular formula is C15H18FN3. The molecule has 1 atom stereocenters. The fourth-order valence-corrected chi connectivity index (χ4v) is 1.95. The molecule has 1 aromatic carbocycles. The smallest absolute Gasteiger partial charge is 0.146 e. The lowest BCUT2D eigenvalue weighted by molar-refractivity contribution is 0.625. The van der Waals surface area contributed by atoms with Gasteiger partial charge in [-0.3, -0.25) is 0 Å². The lowest BCUT2D eigenvalue weighted by Gasteiger charge is -2.22. The van der Waals surface area contributed by atoms with Crippen molar-refractivity contribution in [1.29, 1.82) is 0 Å². The van der Waals surface area contributed by atoms with E-state index in [1.807, 2.05) is 36.9 Å². The van der Waals surface area contributed by atoms with Crippen molar-refractivity contribution in [2.75, 3.05) is 11.4 Å². The molecule has 100 valence electrons. The standard InChI is InChI=1S/C15H18FN3/c1-3-19(14-7-5-4-6-13(14)16)15-9-8-12(10-18-15)11(2)17/h4-11H,3,17H2,1-2H3/t11-/m0/s1. The van der Waals surface area contributed by atoms with Gasteiger partial charge in [0, 0.05) is 18.8 Å². The molecule has 1 heterocycles. The predicted molar refractivity (Wildman–Crippen MR) is 75.9 cm³/mol. The van der Waals surface area contributed by atoms with E-state index >= 15 is 0 Å². The molecule has 0 aliphatic rings. The first-order valence-electron chi connectivity index (χ1n) is 6.37. The first-order valence-corrected chi connectivity index (χ1v) is 6.37. The second-order valence-corrected chi connectivity index (χ2v) is 4.43. The Bertz CT molecular complexity index is 537. The van der Waals surface area contributed by atoms with Gasteiger partial charge in [-0.1, -0.05) is 18.2 Å². The van der Waals surface area contributed by atoms with Gasteiger partial charge in [0.15, 0.2) is 0 Å². The van der Waals surface area contributed by atoms with E-state index in [0.717, 1.165) is 11.4 Å². The minimum Gasteiger partial charge on any atom is -0.324 e. The van der Waals surface area contributed by atoms with Gasteiger partial charge >= 0.3 is 0 Å². The number of anilines is 2. The second kappa shape index (κ2) is 5.80. The molecule has 0 fully saturated rings. The van der Waals surface area contributed by atoms with Gasteiger partial charge in [0.2, 0.25) is 0 Å². The average molecular weight is 259 g/mol. The Balaban J connectivity index is 2.35. The van der Waals surface area contributed by atoms with Crippen LogP contribution in [-0.4, -0.2) is 11.5 Å². The topological polar surface area (TPSA) is 42.1 Å². The molecule has 2 N–H and O–H groups in total. The van der Waals surface area contributed by atoms with Crippen LogP contribution in [-0.2, 0) is 0 Å². The van der Waals surface area contributed by atoms with Crippen molar-refractivity contribution in [3.63, 3.8) is 0 Å². The Labute approximate surface area is 112 Å². The van der Waals surface area contributed by atoms with E-state index in [0.29, 0.717) is 12.2 Å². The number of aromatic nitrogens is 1. The zero-order valence-corrected chi connectivity index (χ0v) is 11.2. The molecule has 0 spiro atoms. The lowest BCUT2D eigenvalue weighted by Crippen LogP contribution is -2.19. The van der Waals surface area contributed by atoms with E-state index in [4.69, 9.17) is 5.73 Å². The minimum atomic E-state index is -0.248. The number of benzene rings is 1. The van der Waals surface area contributed by atoms with Crippen LogP contribution < -0.4 is 10.6 Å². The molecule has 0 aliphatic carbocycles. The molecule has 0 saturated carbocycles. The maximum absolute atomic E-state index is 13.8. The number of rotatable bonds is 4. The monoisotopic (exact) mass is 259 g/mol. The number of hydrogen-bond acceptors (Lipinski definition) is 3. The molecule has 0 unspecified atom stereocenters. The second-order valence-electron chi connectivity index (χ2n) is 4.43. The number of nitrogens with two attached hydrogens (primary N) is 1. The summed E-state index contributed by atoms with van der Waals surface area (Å²) in [7, 11) is 0. The van der Waals surface area contributed by atoms with Crippen LogP contribution in [0.25, 0.3) is 0 Å². The summed E-state index contributed by atoms with van der Waals surface area (Å²) in [6.45, 7) is 4.52. The Morgan fingerprint density at radius 1 is 1.26 bits per heavy atom. The predicted octanol–water partition coefficient (Wildman–Crippen LogP) is 3.40. The van der Waals surface area contributed by atoms with Crippen molar-refractivity contribution >= 4 is 11.5 Å². The van der Waals surface area contributed by atoms with Crippen LogP contribution in [0.4, 0.5) is 15.9 Å². The highest BCUT2D eigenvalue weighted by Gasteiger charge is 2.12. The van der Waals surface area contributed by atoms with Crippen molar-refractivity contribution in [2.24, 2.45) is 5.73 Å². The first kappa shape index (κ1) is 13.5. The van der Waals surface area contributed by atoms with E-state index in [1.165, 1.54) is 6.07 Å².